The van der Waals surface area contributed by atoms with E-state index >= 15 is 0 Å². The molecular formula is C19H25FN4O4S. The molecule has 0 unspecified atom stereocenters. The molecule has 0 amide bonds. The molecular weight excluding hydrogens is 399 g/mol. The second-order valence-corrected chi connectivity index (χ2v) is 9.42. The Bertz CT molecular complexity index is 930. The SMILES string of the molecule is O=S(=O)(N[C@H]1CC[C@H](CCn2cc(C3CC3)nn2)O[C@H]1CO)c1ccc(F)cc1. The van der Waals surface area contributed by atoms with Gasteiger partial charge in [0.2, 0.25) is 10.0 Å². The van der Waals surface area contributed by atoms with Gasteiger partial charge in [0.05, 0.1) is 35.4 Å². The van der Waals surface area contributed by atoms with Crippen LogP contribution >= 0.6 is 0 Å². The maximum absolute atomic E-state index is 13.1. The standard InChI is InChI=1S/C19H25FN4O4S/c20-14-3-6-16(7-4-14)29(26,27)22-17-8-5-15(28-19(17)12-25)9-10-24-11-18(21-23-24)13-1-2-13/h3-4,6-7,11,13,15,17,19,22,25H,1-2,5,8-10,12H2/t15-,17+,19+/m1/s1. The lowest BCUT2D eigenvalue weighted by molar-refractivity contribution is -0.0891. The molecule has 1 aromatic carbocycles. The summed E-state index contributed by atoms with van der Waals surface area (Å²) < 4.78 is 48.5. The molecule has 0 spiro atoms. The first-order valence-electron chi connectivity index (χ1n) is 9.89. The van der Waals surface area contributed by atoms with Crippen LogP contribution < -0.4 is 4.72 Å². The summed E-state index contributed by atoms with van der Waals surface area (Å²) in [5.41, 5.74) is 1.04. The number of halogens is 1. The van der Waals surface area contributed by atoms with E-state index in [-0.39, 0.29) is 17.6 Å². The number of aliphatic hydroxyl groups excluding tert-OH is 1. The lowest BCUT2D eigenvalue weighted by Crippen LogP contribution is -2.50. The summed E-state index contributed by atoms with van der Waals surface area (Å²) in [5.74, 6) is 0.0565. The summed E-state index contributed by atoms with van der Waals surface area (Å²) in [4.78, 5) is -0.0182. The zero-order valence-electron chi connectivity index (χ0n) is 15.9. The third-order valence-corrected chi connectivity index (χ3v) is 6.96. The Balaban J connectivity index is 1.32. The molecule has 8 nitrogen and oxygen atoms in total. The van der Waals surface area contributed by atoms with Crippen molar-refractivity contribution >= 4 is 10.0 Å². The summed E-state index contributed by atoms with van der Waals surface area (Å²) in [7, 11) is -3.82. The van der Waals surface area contributed by atoms with Gasteiger partial charge in [-0.25, -0.2) is 17.5 Å². The van der Waals surface area contributed by atoms with Gasteiger partial charge >= 0.3 is 0 Å². The zero-order chi connectivity index (χ0) is 20.4. The van der Waals surface area contributed by atoms with Crippen molar-refractivity contribution in [2.24, 2.45) is 0 Å². The van der Waals surface area contributed by atoms with Crippen molar-refractivity contribution in [2.75, 3.05) is 6.61 Å². The molecule has 2 N–H and O–H groups in total. The fourth-order valence-electron chi connectivity index (χ4n) is 3.63. The van der Waals surface area contributed by atoms with Crippen molar-refractivity contribution in [1.29, 1.82) is 0 Å². The Hall–Kier alpha value is -1.88. The number of aliphatic hydroxyl groups is 1. The minimum absolute atomic E-state index is 0.0182. The summed E-state index contributed by atoms with van der Waals surface area (Å²) in [6.45, 7) is 0.372. The molecule has 4 rings (SSSR count). The zero-order valence-corrected chi connectivity index (χ0v) is 16.8. The van der Waals surface area contributed by atoms with Gasteiger partial charge < -0.3 is 9.84 Å². The smallest absolute Gasteiger partial charge is 0.240 e. The van der Waals surface area contributed by atoms with Gasteiger partial charge in [0.1, 0.15) is 5.82 Å². The van der Waals surface area contributed by atoms with Gasteiger partial charge in [-0.2, -0.15) is 0 Å². The van der Waals surface area contributed by atoms with E-state index in [0.29, 0.717) is 31.7 Å². The summed E-state index contributed by atoms with van der Waals surface area (Å²) in [5, 5.41) is 18.0. The van der Waals surface area contributed by atoms with E-state index in [1.165, 1.54) is 25.0 Å². The summed E-state index contributed by atoms with van der Waals surface area (Å²) >= 11 is 0. The number of aromatic nitrogens is 3. The van der Waals surface area contributed by atoms with Crippen molar-refractivity contribution in [2.45, 2.75) is 67.7 Å². The molecule has 10 heteroatoms. The van der Waals surface area contributed by atoms with Gasteiger partial charge in [-0.05, 0) is 56.4 Å². The Morgan fingerprint density at radius 3 is 2.66 bits per heavy atom. The first kappa shape index (κ1) is 20.4. The van der Waals surface area contributed by atoms with E-state index < -0.39 is 28.0 Å². The molecule has 3 atom stereocenters. The minimum atomic E-state index is -3.82. The van der Waals surface area contributed by atoms with Gasteiger partial charge in [-0.3, -0.25) is 4.68 Å². The maximum atomic E-state index is 13.1. The first-order chi connectivity index (χ1) is 13.9. The van der Waals surface area contributed by atoms with Gasteiger partial charge in [-0.1, -0.05) is 5.21 Å². The van der Waals surface area contributed by atoms with Crippen LogP contribution in [0.4, 0.5) is 4.39 Å². The second-order valence-electron chi connectivity index (χ2n) is 7.71. The van der Waals surface area contributed by atoms with E-state index in [4.69, 9.17) is 4.74 Å². The van der Waals surface area contributed by atoms with Crippen molar-refractivity contribution in [1.82, 2.24) is 19.7 Å². The van der Waals surface area contributed by atoms with Crippen LogP contribution in [0.5, 0.6) is 0 Å². The van der Waals surface area contributed by atoms with Crippen molar-refractivity contribution in [3.8, 4) is 0 Å². The average Bonchev–Trinajstić information content (AvgIpc) is 3.45. The minimum Gasteiger partial charge on any atom is -0.394 e. The summed E-state index contributed by atoms with van der Waals surface area (Å²) in [6, 6.07) is 4.09. The van der Waals surface area contributed by atoms with Crippen LogP contribution in [0.2, 0.25) is 0 Å². The molecule has 2 fully saturated rings. The fraction of sp³-hybridized carbons (Fsp3) is 0.579. The fourth-order valence-corrected chi connectivity index (χ4v) is 4.92. The molecule has 1 aromatic heterocycles. The highest BCUT2D eigenvalue weighted by molar-refractivity contribution is 7.89. The number of benzene rings is 1. The Kier molecular flexibility index (Phi) is 5.95. The van der Waals surface area contributed by atoms with E-state index in [0.717, 1.165) is 17.8 Å². The molecule has 29 heavy (non-hydrogen) atoms. The van der Waals surface area contributed by atoms with E-state index in [1.807, 2.05) is 10.9 Å². The number of rotatable bonds is 8. The number of aryl methyl sites for hydroxylation is 1. The molecule has 1 aliphatic carbocycles. The number of nitrogens with zero attached hydrogens (tertiary/aromatic N) is 3. The van der Waals surface area contributed by atoms with Crippen LogP contribution in [0, 0.1) is 5.82 Å². The Labute approximate surface area is 169 Å². The maximum Gasteiger partial charge on any atom is 0.240 e. The Morgan fingerprint density at radius 2 is 1.97 bits per heavy atom. The lowest BCUT2D eigenvalue weighted by Gasteiger charge is -2.36. The molecule has 2 heterocycles. The van der Waals surface area contributed by atoms with Crippen LogP contribution in [0.1, 0.15) is 43.7 Å². The predicted molar refractivity (Wildman–Crippen MR) is 102 cm³/mol. The quantitative estimate of drug-likeness (QED) is 0.666. The van der Waals surface area contributed by atoms with E-state index in [9.17, 15) is 17.9 Å². The molecule has 2 aliphatic rings. The highest BCUT2D eigenvalue weighted by atomic mass is 32.2. The van der Waals surface area contributed by atoms with Gasteiger partial charge in [0, 0.05) is 18.7 Å². The van der Waals surface area contributed by atoms with Gasteiger partial charge in [0.25, 0.3) is 0 Å². The first-order valence-corrected chi connectivity index (χ1v) is 11.4. The largest absolute Gasteiger partial charge is 0.394 e. The molecule has 1 aliphatic heterocycles. The third kappa shape index (κ3) is 5.00. The lowest BCUT2D eigenvalue weighted by atomic mass is 9.98. The molecule has 158 valence electrons. The molecule has 0 bridgehead atoms. The second kappa shape index (κ2) is 8.47. The highest BCUT2D eigenvalue weighted by Crippen LogP contribution is 2.38. The molecule has 2 aromatic rings. The van der Waals surface area contributed by atoms with Crippen LogP contribution in [0.3, 0.4) is 0 Å². The normalized spacial score (nSPS) is 25.2. The molecule has 0 radical (unpaired) electrons. The third-order valence-electron chi connectivity index (χ3n) is 5.46. The van der Waals surface area contributed by atoms with Gasteiger partial charge in [0.15, 0.2) is 0 Å². The van der Waals surface area contributed by atoms with E-state index in [1.54, 1.807) is 0 Å². The van der Waals surface area contributed by atoms with Crippen LogP contribution in [0.25, 0.3) is 0 Å². The van der Waals surface area contributed by atoms with Crippen LogP contribution in [-0.4, -0.2) is 53.4 Å². The number of hydrogen-bond acceptors (Lipinski definition) is 6. The predicted octanol–water partition coefficient (Wildman–Crippen LogP) is 1.57. The molecule has 1 saturated heterocycles. The van der Waals surface area contributed by atoms with Crippen molar-refractivity contribution < 1.29 is 22.7 Å². The topological polar surface area (TPSA) is 106 Å². The van der Waals surface area contributed by atoms with Crippen molar-refractivity contribution in [3.63, 3.8) is 0 Å². The summed E-state index contributed by atoms with van der Waals surface area (Å²) in [6.07, 6.45) is 5.52. The number of ether oxygens (including phenoxy) is 1. The van der Waals surface area contributed by atoms with Crippen molar-refractivity contribution in [3.05, 3.63) is 42.0 Å². The number of hydrogen-bond donors (Lipinski definition) is 2. The van der Waals surface area contributed by atoms with Gasteiger partial charge in [-0.15, -0.1) is 5.10 Å². The number of sulfonamides is 1. The highest BCUT2D eigenvalue weighted by Gasteiger charge is 2.34. The number of nitrogens with one attached hydrogen (secondary N) is 1. The molecule has 1 saturated carbocycles. The Morgan fingerprint density at radius 1 is 1.21 bits per heavy atom. The van der Waals surface area contributed by atoms with Crippen LogP contribution in [-0.2, 0) is 21.3 Å². The van der Waals surface area contributed by atoms with Crippen LogP contribution in [0.15, 0.2) is 35.4 Å². The van der Waals surface area contributed by atoms with E-state index in [2.05, 4.69) is 15.0 Å². The monoisotopic (exact) mass is 424 g/mol. The average molecular weight is 424 g/mol.